The van der Waals surface area contributed by atoms with Gasteiger partial charge in [-0.3, -0.25) is 0 Å². The van der Waals surface area contributed by atoms with Crippen LogP contribution in [0.3, 0.4) is 0 Å². The molecule has 0 aromatic heterocycles. The molecule has 3 saturated carbocycles. The average molecular weight is 177 g/mol. The molecule has 3 aliphatic rings. The van der Waals surface area contributed by atoms with Gasteiger partial charge in [0.2, 0.25) is 6.08 Å². The number of isocyanates is 1. The smallest absolute Gasteiger partial charge is 0.211 e. The van der Waals surface area contributed by atoms with Gasteiger partial charge in [-0.05, 0) is 55.8 Å². The molecular formula is C11H15NO. The van der Waals surface area contributed by atoms with Gasteiger partial charge in [-0.1, -0.05) is 0 Å². The second-order valence-electron chi connectivity index (χ2n) is 4.94. The van der Waals surface area contributed by atoms with Crippen molar-refractivity contribution in [3.8, 4) is 0 Å². The zero-order valence-electron chi connectivity index (χ0n) is 7.78. The molecule has 70 valence electrons. The minimum atomic E-state index is 0.345. The number of aliphatic imine (C=N–C) groups is 1. The summed E-state index contributed by atoms with van der Waals surface area (Å²) in [6.45, 7) is 0. The van der Waals surface area contributed by atoms with Crippen molar-refractivity contribution in [2.45, 2.75) is 38.1 Å². The van der Waals surface area contributed by atoms with Crippen LogP contribution >= 0.6 is 0 Å². The van der Waals surface area contributed by atoms with Crippen molar-refractivity contribution >= 4 is 6.08 Å². The first-order valence-corrected chi connectivity index (χ1v) is 5.47. The highest BCUT2D eigenvalue weighted by atomic mass is 16.1. The number of carbonyl (C=O) groups excluding carboxylic acids is 1. The van der Waals surface area contributed by atoms with Crippen molar-refractivity contribution in [1.82, 2.24) is 0 Å². The van der Waals surface area contributed by atoms with E-state index in [-0.39, 0.29) is 0 Å². The van der Waals surface area contributed by atoms with Crippen LogP contribution in [-0.2, 0) is 4.79 Å². The summed E-state index contributed by atoms with van der Waals surface area (Å²) in [6, 6.07) is 0.345. The average Bonchev–Trinajstić information content (AvgIpc) is 2.74. The topological polar surface area (TPSA) is 29.4 Å². The van der Waals surface area contributed by atoms with Gasteiger partial charge in [0.15, 0.2) is 0 Å². The SMILES string of the molecule is O=C=NC1CCC2C3CCC(C3)C12. The van der Waals surface area contributed by atoms with Crippen molar-refractivity contribution in [2.75, 3.05) is 0 Å². The molecule has 3 fully saturated rings. The lowest BCUT2D eigenvalue weighted by Gasteiger charge is -2.26. The maximum Gasteiger partial charge on any atom is 0.235 e. The highest BCUT2D eigenvalue weighted by Crippen LogP contribution is 2.59. The van der Waals surface area contributed by atoms with Crippen molar-refractivity contribution in [1.29, 1.82) is 0 Å². The molecule has 3 aliphatic carbocycles. The highest BCUT2D eigenvalue weighted by Gasteiger charge is 2.53. The fraction of sp³-hybridized carbons (Fsp3) is 0.909. The quantitative estimate of drug-likeness (QED) is 0.445. The highest BCUT2D eigenvalue weighted by molar-refractivity contribution is 5.34. The number of nitrogens with zero attached hydrogens (tertiary/aromatic N) is 1. The van der Waals surface area contributed by atoms with Crippen LogP contribution in [0.2, 0.25) is 0 Å². The summed E-state index contributed by atoms with van der Waals surface area (Å²) in [7, 11) is 0. The third-order valence-corrected chi connectivity index (χ3v) is 4.62. The van der Waals surface area contributed by atoms with Gasteiger partial charge < -0.3 is 0 Å². The molecule has 5 unspecified atom stereocenters. The van der Waals surface area contributed by atoms with E-state index in [0.29, 0.717) is 6.04 Å². The van der Waals surface area contributed by atoms with E-state index < -0.39 is 0 Å². The number of hydrogen-bond acceptors (Lipinski definition) is 2. The minimum Gasteiger partial charge on any atom is -0.211 e. The van der Waals surface area contributed by atoms with Crippen molar-refractivity contribution < 1.29 is 4.79 Å². The lowest BCUT2D eigenvalue weighted by atomic mass is 9.80. The number of hydrogen-bond donors (Lipinski definition) is 0. The molecule has 0 spiro atoms. The van der Waals surface area contributed by atoms with Crippen LogP contribution in [0.1, 0.15) is 32.1 Å². The summed E-state index contributed by atoms with van der Waals surface area (Å²) in [6.07, 6.45) is 8.51. The predicted octanol–water partition coefficient (Wildman–Crippen LogP) is 2.15. The van der Waals surface area contributed by atoms with Gasteiger partial charge in [0, 0.05) is 0 Å². The third-order valence-electron chi connectivity index (χ3n) is 4.62. The van der Waals surface area contributed by atoms with Crippen LogP contribution in [0.4, 0.5) is 0 Å². The number of fused-ring (bicyclic) bond motifs is 5. The van der Waals surface area contributed by atoms with Gasteiger partial charge in [-0.15, -0.1) is 0 Å². The van der Waals surface area contributed by atoms with Crippen molar-refractivity contribution in [2.24, 2.45) is 28.7 Å². The predicted molar refractivity (Wildman–Crippen MR) is 49.0 cm³/mol. The molecule has 5 atom stereocenters. The normalized spacial score (nSPS) is 51.8. The summed E-state index contributed by atoms with van der Waals surface area (Å²) in [4.78, 5) is 14.2. The summed E-state index contributed by atoms with van der Waals surface area (Å²) < 4.78 is 0. The molecule has 0 aromatic carbocycles. The Morgan fingerprint density at radius 3 is 2.77 bits per heavy atom. The summed E-state index contributed by atoms with van der Waals surface area (Å²) in [5.41, 5.74) is 0. The van der Waals surface area contributed by atoms with E-state index in [0.717, 1.165) is 30.1 Å². The Morgan fingerprint density at radius 1 is 1.08 bits per heavy atom. The first-order chi connectivity index (χ1) is 6.40. The Morgan fingerprint density at radius 2 is 1.92 bits per heavy atom. The molecule has 2 heteroatoms. The molecule has 13 heavy (non-hydrogen) atoms. The van der Waals surface area contributed by atoms with E-state index in [4.69, 9.17) is 0 Å². The van der Waals surface area contributed by atoms with Gasteiger partial charge in [0.1, 0.15) is 0 Å². The van der Waals surface area contributed by atoms with E-state index in [9.17, 15) is 4.79 Å². The summed E-state index contributed by atoms with van der Waals surface area (Å²) in [5, 5.41) is 0. The first kappa shape index (κ1) is 7.75. The van der Waals surface area contributed by atoms with Crippen molar-refractivity contribution in [3.63, 3.8) is 0 Å². The van der Waals surface area contributed by atoms with Crippen LogP contribution in [0.15, 0.2) is 4.99 Å². The van der Waals surface area contributed by atoms with Crippen LogP contribution < -0.4 is 0 Å². The zero-order chi connectivity index (χ0) is 8.84. The lowest BCUT2D eigenvalue weighted by molar-refractivity contribution is 0.244. The summed E-state index contributed by atoms with van der Waals surface area (Å²) >= 11 is 0. The Labute approximate surface area is 78.4 Å². The zero-order valence-corrected chi connectivity index (χ0v) is 7.78. The van der Waals surface area contributed by atoms with Crippen LogP contribution in [0.5, 0.6) is 0 Å². The molecule has 2 nitrogen and oxygen atoms in total. The molecule has 0 N–H and O–H groups in total. The molecule has 2 bridgehead atoms. The second kappa shape index (κ2) is 2.68. The fourth-order valence-corrected chi connectivity index (χ4v) is 4.26. The molecular weight excluding hydrogens is 162 g/mol. The monoisotopic (exact) mass is 177 g/mol. The maximum atomic E-state index is 10.3. The van der Waals surface area contributed by atoms with Crippen LogP contribution in [0.25, 0.3) is 0 Å². The Bertz CT molecular complexity index is 269. The van der Waals surface area contributed by atoms with Gasteiger partial charge in [0.25, 0.3) is 0 Å². The maximum absolute atomic E-state index is 10.3. The Hall–Kier alpha value is -0.620. The molecule has 0 radical (unpaired) electrons. The third kappa shape index (κ3) is 0.955. The van der Waals surface area contributed by atoms with E-state index in [1.165, 1.54) is 25.7 Å². The van der Waals surface area contributed by atoms with E-state index in [1.54, 1.807) is 6.08 Å². The molecule has 0 amide bonds. The molecule has 0 aliphatic heterocycles. The van der Waals surface area contributed by atoms with E-state index >= 15 is 0 Å². The number of rotatable bonds is 1. The van der Waals surface area contributed by atoms with Gasteiger partial charge in [-0.25, -0.2) is 9.79 Å². The van der Waals surface area contributed by atoms with E-state index in [2.05, 4.69) is 4.99 Å². The van der Waals surface area contributed by atoms with Crippen LogP contribution in [-0.4, -0.2) is 12.1 Å². The van der Waals surface area contributed by atoms with Gasteiger partial charge >= 0.3 is 0 Å². The minimum absolute atomic E-state index is 0.345. The second-order valence-corrected chi connectivity index (χ2v) is 4.94. The Kier molecular flexibility index (Phi) is 1.60. The fourth-order valence-electron chi connectivity index (χ4n) is 4.26. The van der Waals surface area contributed by atoms with Crippen LogP contribution in [0, 0.1) is 23.7 Å². The largest absolute Gasteiger partial charge is 0.235 e. The van der Waals surface area contributed by atoms with Gasteiger partial charge in [-0.2, -0.15) is 0 Å². The van der Waals surface area contributed by atoms with E-state index in [1.807, 2.05) is 0 Å². The standard InChI is InChI=1S/C11H15NO/c13-6-12-10-4-3-9-7-1-2-8(5-7)11(9)10/h7-11H,1-5H2. The van der Waals surface area contributed by atoms with Gasteiger partial charge in [0.05, 0.1) is 6.04 Å². The molecule has 3 rings (SSSR count). The molecule has 0 heterocycles. The molecule has 0 aromatic rings. The summed E-state index contributed by atoms with van der Waals surface area (Å²) in [5.74, 6) is 3.57. The first-order valence-electron chi connectivity index (χ1n) is 5.47. The Balaban J connectivity index is 1.87. The molecule has 0 saturated heterocycles. The van der Waals surface area contributed by atoms with Crippen molar-refractivity contribution in [3.05, 3.63) is 0 Å². The lowest BCUT2D eigenvalue weighted by Crippen LogP contribution is -2.24.